The molecule has 124 valence electrons. The standard InChI is InChI=1S/C18H26N4O/c1-5-6-15-13-17(22(4)20-15)18(23)19-12-11-14-7-9-16(10-8-14)21(2)3/h7-10,13H,5-6,11-12H2,1-4H3,(H,19,23). The number of hydrogen-bond acceptors (Lipinski definition) is 3. The van der Waals surface area contributed by atoms with Crippen LogP contribution in [0.25, 0.3) is 0 Å². The lowest BCUT2D eigenvalue weighted by Gasteiger charge is -2.12. The van der Waals surface area contributed by atoms with Gasteiger partial charge in [-0.05, 0) is 36.6 Å². The van der Waals surface area contributed by atoms with Gasteiger partial charge in [0.15, 0.2) is 0 Å². The molecule has 0 spiro atoms. The van der Waals surface area contributed by atoms with Crippen LogP contribution in [0.5, 0.6) is 0 Å². The summed E-state index contributed by atoms with van der Waals surface area (Å²) in [6, 6.07) is 10.3. The average molecular weight is 314 g/mol. The zero-order chi connectivity index (χ0) is 16.8. The number of carbonyl (C=O) groups excluding carboxylic acids is 1. The molecule has 2 rings (SSSR count). The number of aryl methyl sites for hydroxylation is 2. The van der Waals surface area contributed by atoms with E-state index in [0.717, 1.165) is 25.0 Å². The van der Waals surface area contributed by atoms with Crippen molar-refractivity contribution in [1.82, 2.24) is 15.1 Å². The van der Waals surface area contributed by atoms with Crippen LogP contribution in [0.2, 0.25) is 0 Å². The fourth-order valence-electron chi connectivity index (χ4n) is 2.49. The summed E-state index contributed by atoms with van der Waals surface area (Å²) in [6.45, 7) is 2.73. The Labute approximate surface area is 138 Å². The van der Waals surface area contributed by atoms with Crippen molar-refractivity contribution in [3.8, 4) is 0 Å². The second-order valence-corrected chi connectivity index (χ2v) is 5.96. The first-order valence-electron chi connectivity index (χ1n) is 8.08. The van der Waals surface area contributed by atoms with Crippen molar-refractivity contribution in [3.63, 3.8) is 0 Å². The predicted molar refractivity (Wildman–Crippen MR) is 94.0 cm³/mol. The number of nitrogens with one attached hydrogen (secondary N) is 1. The van der Waals surface area contributed by atoms with Crippen molar-refractivity contribution < 1.29 is 4.79 Å². The maximum Gasteiger partial charge on any atom is 0.269 e. The van der Waals surface area contributed by atoms with E-state index in [2.05, 4.69) is 46.5 Å². The van der Waals surface area contributed by atoms with Crippen molar-refractivity contribution >= 4 is 11.6 Å². The van der Waals surface area contributed by atoms with Gasteiger partial charge in [0.05, 0.1) is 5.69 Å². The molecule has 0 fully saturated rings. The zero-order valence-electron chi connectivity index (χ0n) is 14.5. The van der Waals surface area contributed by atoms with Crippen LogP contribution in [0.4, 0.5) is 5.69 Å². The van der Waals surface area contributed by atoms with Crippen LogP contribution in [0, 0.1) is 0 Å². The second kappa shape index (κ2) is 7.81. The molecular formula is C18H26N4O. The van der Waals surface area contributed by atoms with Crippen molar-refractivity contribution in [1.29, 1.82) is 0 Å². The monoisotopic (exact) mass is 314 g/mol. The Hall–Kier alpha value is -2.30. The topological polar surface area (TPSA) is 50.2 Å². The van der Waals surface area contributed by atoms with Gasteiger partial charge in [-0.3, -0.25) is 9.48 Å². The molecule has 1 heterocycles. The largest absolute Gasteiger partial charge is 0.378 e. The summed E-state index contributed by atoms with van der Waals surface area (Å²) in [5.74, 6) is -0.0627. The zero-order valence-corrected chi connectivity index (χ0v) is 14.5. The van der Waals surface area contributed by atoms with Crippen LogP contribution in [-0.2, 0) is 19.9 Å². The lowest BCUT2D eigenvalue weighted by atomic mass is 10.1. The third-order valence-corrected chi connectivity index (χ3v) is 3.82. The molecule has 1 aromatic heterocycles. The normalized spacial score (nSPS) is 10.6. The highest BCUT2D eigenvalue weighted by atomic mass is 16.2. The maximum atomic E-state index is 12.2. The van der Waals surface area contributed by atoms with Crippen molar-refractivity contribution in [2.45, 2.75) is 26.2 Å². The summed E-state index contributed by atoms with van der Waals surface area (Å²) in [5.41, 5.74) is 3.99. The van der Waals surface area contributed by atoms with E-state index >= 15 is 0 Å². The van der Waals surface area contributed by atoms with Gasteiger partial charge < -0.3 is 10.2 Å². The Balaban J connectivity index is 1.87. The smallest absolute Gasteiger partial charge is 0.269 e. The maximum absolute atomic E-state index is 12.2. The van der Waals surface area contributed by atoms with E-state index in [0.29, 0.717) is 12.2 Å². The van der Waals surface area contributed by atoms with Crippen LogP contribution in [-0.4, -0.2) is 36.3 Å². The molecule has 2 aromatic rings. The number of hydrogen-bond donors (Lipinski definition) is 1. The number of aromatic nitrogens is 2. The fourth-order valence-corrected chi connectivity index (χ4v) is 2.49. The van der Waals surface area contributed by atoms with E-state index in [4.69, 9.17) is 0 Å². The molecule has 5 nitrogen and oxygen atoms in total. The summed E-state index contributed by atoms with van der Waals surface area (Å²) in [4.78, 5) is 14.3. The highest BCUT2D eigenvalue weighted by Gasteiger charge is 2.12. The Morgan fingerprint density at radius 3 is 2.52 bits per heavy atom. The van der Waals surface area contributed by atoms with Gasteiger partial charge in [0.1, 0.15) is 5.69 Å². The minimum Gasteiger partial charge on any atom is -0.378 e. The van der Waals surface area contributed by atoms with Crippen LogP contribution in [0.1, 0.15) is 35.1 Å². The molecule has 0 saturated carbocycles. The van der Waals surface area contributed by atoms with Gasteiger partial charge in [-0.15, -0.1) is 0 Å². The molecule has 0 unspecified atom stereocenters. The Bertz CT molecular complexity index is 644. The van der Waals surface area contributed by atoms with Gasteiger partial charge in [-0.2, -0.15) is 5.10 Å². The van der Waals surface area contributed by atoms with Crippen molar-refractivity contribution in [2.24, 2.45) is 7.05 Å². The molecule has 1 amide bonds. The van der Waals surface area contributed by atoms with Crippen LogP contribution in [0.15, 0.2) is 30.3 Å². The summed E-state index contributed by atoms with van der Waals surface area (Å²) in [5, 5.41) is 7.34. The van der Waals surface area contributed by atoms with Crippen molar-refractivity contribution in [3.05, 3.63) is 47.3 Å². The number of benzene rings is 1. The first-order valence-corrected chi connectivity index (χ1v) is 8.08. The molecule has 5 heteroatoms. The van der Waals surface area contributed by atoms with E-state index in [1.54, 1.807) is 4.68 Å². The molecule has 0 aliphatic carbocycles. The molecule has 0 atom stereocenters. The van der Waals surface area contributed by atoms with Gasteiger partial charge in [0, 0.05) is 33.4 Å². The molecule has 0 radical (unpaired) electrons. The molecule has 0 aliphatic rings. The van der Waals surface area contributed by atoms with E-state index in [1.807, 2.05) is 27.2 Å². The summed E-state index contributed by atoms with van der Waals surface area (Å²) < 4.78 is 1.66. The van der Waals surface area contributed by atoms with Crippen LogP contribution < -0.4 is 10.2 Å². The van der Waals surface area contributed by atoms with E-state index in [-0.39, 0.29) is 5.91 Å². The lowest BCUT2D eigenvalue weighted by Crippen LogP contribution is -2.27. The van der Waals surface area contributed by atoms with Crippen LogP contribution >= 0.6 is 0 Å². The Kier molecular flexibility index (Phi) is 5.79. The number of nitrogens with zero attached hydrogens (tertiary/aromatic N) is 3. The fraction of sp³-hybridized carbons (Fsp3) is 0.444. The molecule has 1 N–H and O–H groups in total. The summed E-state index contributed by atoms with van der Waals surface area (Å²) >= 11 is 0. The van der Waals surface area contributed by atoms with Gasteiger partial charge in [-0.25, -0.2) is 0 Å². The molecule has 0 aliphatic heterocycles. The molecule has 23 heavy (non-hydrogen) atoms. The number of rotatable bonds is 7. The van der Waals surface area contributed by atoms with Gasteiger partial charge in [0.25, 0.3) is 5.91 Å². The van der Waals surface area contributed by atoms with E-state index in [9.17, 15) is 4.79 Å². The average Bonchev–Trinajstić information content (AvgIpc) is 2.89. The molecule has 1 aromatic carbocycles. The minimum atomic E-state index is -0.0627. The predicted octanol–water partition coefficient (Wildman–Crippen LogP) is 2.41. The molecule has 0 bridgehead atoms. The van der Waals surface area contributed by atoms with E-state index in [1.165, 1.54) is 11.3 Å². The third kappa shape index (κ3) is 4.58. The summed E-state index contributed by atoms with van der Waals surface area (Å²) in [6.07, 6.45) is 2.75. The van der Waals surface area contributed by atoms with Gasteiger partial charge in [0.2, 0.25) is 0 Å². The first-order chi connectivity index (χ1) is 11.0. The number of anilines is 1. The number of amides is 1. The van der Waals surface area contributed by atoms with Gasteiger partial charge >= 0.3 is 0 Å². The van der Waals surface area contributed by atoms with Gasteiger partial charge in [-0.1, -0.05) is 25.5 Å². The lowest BCUT2D eigenvalue weighted by molar-refractivity contribution is 0.0944. The Morgan fingerprint density at radius 1 is 1.22 bits per heavy atom. The third-order valence-electron chi connectivity index (χ3n) is 3.82. The Morgan fingerprint density at radius 2 is 1.91 bits per heavy atom. The van der Waals surface area contributed by atoms with Crippen molar-refractivity contribution in [2.75, 3.05) is 25.5 Å². The number of carbonyl (C=O) groups is 1. The SMILES string of the molecule is CCCc1cc(C(=O)NCCc2ccc(N(C)C)cc2)n(C)n1. The molecule has 0 saturated heterocycles. The minimum absolute atomic E-state index is 0.0627. The van der Waals surface area contributed by atoms with Crippen LogP contribution in [0.3, 0.4) is 0 Å². The quantitative estimate of drug-likeness (QED) is 0.854. The first kappa shape index (κ1) is 17.1. The second-order valence-electron chi connectivity index (χ2n) is 5.96. The highest BCUT2D eigenvalue weighted by Crippen LogP contribution is 2.12. The van der Waals surface area contributed by atoms with E-state index < -0.39 is 0 Å². The summed E-state index contributed by atoms with van der Waals surface area (Å²) in [7, 11) is 5.86. The molecular weight excluding hydrogens is 288 g/mol. The highest BCUT2D eigenvalue weighted by molar-refractivity contribution is 5.92.